The Hall–Kier alpha value is -3.42. The van der Waals surface area contributed by atoms with E-state index in [4.69, 9.17) is 0 Å². The zero-order valence-corrected chi connectivity index (χ0v) is 13.1. The number of aromatic amines is 2. The van der Waals surface area contributed by atoms with Crippen molar-refractivity contribution < 1.29 is 13.2 Å². The highest BCUT2D eigenvalue weighted by atomic mass is 19.1. The molecule has 0 aliphatic heterocycles. The zero-order chi connectivity index (χ0) is 18.3. The molecule has 0 atom stereocenters. The van der Waals surface area contributed by atoms with E-state index >= 15 is 4.39 Å². The molecule has 4 rings (SSSR count). The summed E-state index contributed by atoms with van der Waals surface area (Å²) in [7, 11) is 0. The molecular weight excluding hydrogens is 345 g/mol. The number of nitrogens with one attached hydrogen (secondary N) is 2. The molecule has 3 heterocycles. The van der Waals surface area contributed by atoms with Crippen LogP contribution < -0.4 is 5.69 Å². The number of rotatable bonds is 3. The summed E-state index contributed by atoms with van der Waals surface area (Å²) in [5.41, 5.74) is -2.58. The molecule has 26 heavy (non-hydrogen) atoms. The minimum atomic E-state index is -2.44. The number of fused-ring (bicyclic) bond motifs is 1. The lowest BCUT2D eigenvalue weighted by atomic mass is 9.87. The van der Waals surface area contributed by atoms with E-state index in [-0.39, 0.29) is 22.5 Å². The van der Waals surface area contributed by atoms with Gasteiger partial charge in [-0.25, -0.2) is 18.0 Å². The third-order valence-corrected chi connectivity index (χ3v) is 4.08. The molecule has 8 heteroatoms. The van der Waals surface area contributed by atoms with Crippen molar-refractivity contribution in [2.75, 3.05) is 0 Å². The molecular formula is C18H11F3N4O. The van der Waals surface area contributed by atoms with Gasteiger partial charge in [0.2, 0.25) is 5.67 Å². The van der Waals surface area contributed by atoms with Gasteiger partial charge in [0.15, 0.2) is 0 Å². The Balaban J connectivity index is 2.06. The molecule has 0 fully saturated rings. The third-order valence-electron chi connectivity index (χ3n) is 4.08. The van der Waals surface area contributed by atoms with E-state index in [1.54, 1.807) is 12.1 Å². The first-order valence-electron chi connectivity index (χ1n) is 7.63. The van der Waals surface area contributed by atoms with Crippen molar-refractivity contribution in [3.63, 3.8) is 0 Å². The van der Waals surface area contributed by atoms with Crippen LogP contribution >= 0.6 is 0 Å². The molecule has 1 aromatic carbocycles. The lowest BCUT2D eigenvalue weighted by Crippen LogP contribution is -2.27. The summed E-state index contributed by atoms with van der Waals surface area (Å²) in [6, 6.07) is 9.13. The Labute approximate surface area is 144 Å². The fourth-order valence-corrected chi connectivity index (χ4v) is 2.91. The van der Waals surface area contributed by atoms with Gasteiger partial charge < -0.3 is 9.97 Å². The number of pyridine rings is 2. The van der Waals surface area contributed by atoms with E-state index in [1.165, 1.54) is 18.2 Å². The summed E-state index contributed by atoms with van der Waals surface area (Å²) in [6.07, 6.45) is 1.76. The summed E-state index contributed by atoms with van der Waals surface area (Å²) in [5.74, 6) is -1.26. The Morgan fingerprint density at radius 1 is 0.846 bits per heavy atom. The highest BCUT2D eigenvalue weighted by Crippen LogP contribution is 2.41. The number of hydrogen-bond acceptors (Lipinski definition) is 3. The van der Waals surface area contributed by atoms with Gasteiger partial charge in [0.25, 0.3) is 0 Å². The van der Waals surface area contributed by atoms with Gasteiger partial charge in [-0.2, -0.15) is 0 Å². The second-order valence-corrected chi connectivity index (χ2v) is 5.69. The second kappa shape index (κ2) is 5.83. The molecule has 0 amide bonds. The van der Waals surface area contributed by atoms with Crippen LogP contribution in [0.2, 0.25) is 0 Å². The number of para-hydroxylation sites is 1. The number of alkyl halides is 1. The second-order valence-electron chi connectivity index (χ2n) is 5.69. The maximum atomic E-state index is 16.5. The van der Waals surface area contributed by atoms with Gasteiger partial charge in [-0.05, 0) is 30.3 Å². The molecule has 4 aromatic rings. The third kappa shape index (κ3) is 2.46. The number of nitrogens with zero attached hydrogens (tertiary/aromatic N) is 2. The van der Waals surface area contributed by atoms with Crippen LogP contribution in [0.15, 0.2) is 59.7 Å². The Morgan fingerprint density at radius 2 is 1.46 bits per heavy atom. The minimum Gasteiger partial charge on any atom is -0.306 e. The molecule has 130 valence electrons. The van der Waals surface area contributed by atoms with Crippen molar-refractivity contribution in [2.24, 2.45) is 0 Å². The monoisotopic (exact) mass is 356 g/mol. The van der Waals surface area contributed by atoms with Crippen LogP contribution in [0.25, 0.3) is 11.0 Å². The van der Waals surface area contributed by atoms with E-state index in [9.17, 15) is 13.6 Å². The average Bonchev–Trinajstić information content (AvgIpc) is 3.02. The fraction of sp³-hybridized carbons (Fsp3) is 0.0556. The van der Waals surface area contributed by atoms with Crippen molar-refractivity contribution >= 4 is 11.0 Å². The standard InChI is InChI=1S/C18H11F3N4O/c19-10-4-6-14(22-8-10)18(21,15-7-5-11(20)9-23-15)12-2-1-3-13-16(12)25-17(26)24-13/h1-9H,(H2,24,25,26). The topological polar surface area (TPSA) is 74.4 Å². The van der Waals surface area contributed by atoms with Crippen molar-refractivity contribution in [2.45, 2.75) is 5.67 Å². The van der Waals surface area contributed by atoms with Gasteiger partial charge >= 0.3 is 5.69 Å². The summed E-state index contributed by atoms with van der Waals surface area (Å²) < 4.78 is 43.1. The van der Waals surface area contributed by atoms with Gasteiger partial charge in [-0.15, -0.1) is 0 Å². The van der Waals surface area contributed by atoms with Gasteiger partial charge in [0, 0.05) is 5.56 Å². The quantitative estimate of drug-likeness (QED) is 0.592. The molecule has 2 N–H and O–H groups in total. The predicted molar refractivity (Wildman–Crippen MR) is 88.3 cm³/mol. The van der Waals surface area contributed by atoms with Crippen LogP contribution in [-0.2, 0) is 5.67 Å². The smallest absolute Gasteiger partial charge is 0.306 e. The fourth-order valence-electron chi connectivity index (χ4n) is 2.91. The predicted octanol–water partition coefficient (Wildman–Crippen LogP) is 3.19. The minimum absolute atomic E-state index is 0.0477. The van der Waals surface area contributed by atoms with Crippen molar-refractivity contribution in [3.8, 4) is 0 Å². The Bertz CT molecular complexity index is 1090. The Kier molecular flexibility index (Phi) is 3.61. The highest BCUT2D eigenvalue weighted by molar-refractivity contribution is 5.80. The number of aromatic nitrogens is 4. The van der Waals surface area contributed by atoms with Crippen LogP contribution in [0.5, 0.6) is 0 Å². The Morgan fingerprint density at radius 3 is 2.00 bits per heavy atom. The van der Waals surface area contributed by atoms with Gasteiger partial charge in [-0.3, -0.25) is 9.97 Å². The summed E-state index contributed by atoms with van der Waals surface area (Å²) in [4.78, 5) is 24.5. The first-order valence-corrected chi connectivity index (χ1v) is 7.63. The first kappa shape index (κ1) is 16.1. The number of H-pyrrole nitrogens is 2. The largest absolute Gasteiger partial charge is 0.323 e. The van der Waals surface area contributed by atoms with Crippen molar-refractivity contribution in [3.05, 3.63) is 93.9 Å². The van der Waals surface area contributed by atoms with Crippen molar-refractivity contribution in [1.29, 1.82) is 0 Å². The average molecular weight is 356 g/mol. The van der Waals surface area contributed by atoms with E-state index in [1.807, 2.05) is 0 Å². The van der Waals surface area contributed by atoms with E-state index in [0.29, 0.717) is 5.52 Å². The molecule has 0 saturated heterocycles. The van der Waals surface area contributed by atoms with Crippen LogP contribution in [0.1, 0.15) is 17.0 Å². The molecule has 0 bridgehead atoms. The number of hydrogen-bond donors (Lipinski definition) is 2. The van der Waals surface area contributed by atoms with Gasteiger partial charge in [0.1, 0.15) is 11.6 Å². The number of imidazole rings is 1. The van der Waals surface area contributed by atoms with Crippen LogP contribution in [0, 0.1) is 11.6 Å². The number of benzene rings is 1. The van der Waals surface area contributed by atoms with Gasteiger partial charge in [0.05, 0.1) is 34.8 Å². The van der Waals surface area contributed by atoms with Crippen molar-refractivity contribution in [1.82, 2.24) is 19.9 Å². The maximum Gasteiger partial charge on any atom is 0.323 e. The van der Waals surface area contributed by atoms with E-state index < -0.39 is 23.0 Å². The maximum absolute atomic E-state index is 16.5. The normalized spacial score (nSPS) is 11.8. The summed E-state index contributed by atoms with van der Waals surface area (Å²) in [5, 5.41) is 0. The molecule has 0 unspecified atom stereocenters. The van der Waals surface area contributed by atoms with E-state index in [2.05, 4.69) is 19.9 Å². The SMILES string of the molecule is O=c1[nH]c2cccc(C(F)(c3ccc(F)cn3)c3ccc(F)cn3)c2[nH]1. The summed E-state index contributed by atoms with van der Waals surface area (Å²) in [6.45, 7) is 0. The molecule has 0 aliphatic carbocycles. The van der Waals surface area contributed by atoms with E-state index in [0.717, 1.165) is 24.5 Å². The van der Waals surface area contributed by atoms with Crippen LogP contribution in [0.4, 0.5) is 13.2 Å². The molecule has 0 spiro atoms. The highest BCUT2D eigenvalue weighted by Gasteiger charge is 2.41. The lowest BCUT2D eigenvalue weighted by Gasteiger charge is -2.25. The first-order chi connectivity index (χ1) is 12.5. The zero-order valence-electron chi connectivity index (χ0n) is 13.1. The molecule has 0 radical (unpaired) electrons. The van der Waals surface area contributed by atoms with Crippen LogP contribution in [-0.4, -0.2) is 19.9 Å². The molecule has 0 saturated carbocycles. The molecule has 3 aromatic heterocycles. The molecule has 0 aliphatic rings. The van der Waals surface area contributed by atoms with Gasteiger partial charge in [-0.1, -0.05) is 12.1 Å². The van der Waals surface area contributed by atoms with Crippen LogP contribution in [0.3, 0.4) is 0 Å². The number of halogens is 3. The lowest BCUT2D eigenvalue weighted by molar-refractivity contribution is 0.267. The summed E-state index contributed by atoms with van der Waals surface area (Å²) >= 11 is 0. The molecule has 5 nitrogen and oxygen atoms in total.